The molecule has 0 saturated heterocycles. The number of aromatic carboxylic acids is 1. The molecule has 0 bridgehead atoms. The lowest BCUT2D eigenvalue weighted by Crippen LogP contribution is -2.30. The fourth-order valence-electron chi connectivity index (χ4n) is 4.70. The molecule has 1 aromatic carbocycles. The number of nitrogens with one attached hydrogen (secondary N) is 2. The van der Waals surface area contributed by atoms with Crippen LogP contribution in [0.5, 0.6) is 5.88 Å². The van der Waals surface area contributed by atoms with Crippen molar-refractivity contribution in [3.05, 3.63) is 87.7 Å². The van der Waals surface area contributed by atoms with Crippen molar-refractivity contribution in [3.63, 3.8) is 0 Å². The molecule has 1 atom stereocenters. The van der Waals surface area contributed by atoms with E-state index in [1.807, 2.05) is 0 Å². The predicted molar refractivity (Wildman–Crippen MR) is 132 cm³/mol. The number of rotatable bonds is 8. The van der Waals surface area contributed by atoms with Crippen molar-refractivity contribution in [1.29, 1.82) is 0 Å². The Labute approximate surface area is 224 Å². The largest absolute Gasteiger partial charge is 0.478 e. The first-order valence-electron chi connectivity index (χ1n) is 12.0. The Morgan fingerprint density at radius 3 is 2.75 bits per heavy atom. The third-order valence-electron chi connectivity index (χ3n) is 6.59. The summed E-state index contributed by atoms with van der Waals surface area (Å²) in [6, 6.07) is 6.57. The van der Waals surface area contributed by atoms with Crippen molar-refractivity contribution >= 4 is 23.4 Å². The number of hydrogen-bond donors (Lipinski definition) is 3. The van der Waals surface area contributed by atoms with E-state index in [0.717, 1.165) is 27.9 Å². The fourth-order valence-corrected chi connectivity index (χ4v) is 4.70. The lowest BCUT2D eigenvalue weighted by Gasteiger charge is -2.16. The van der Waals surface area contributed by atoms with Crippen LogP contribution >= 0.6 is 0 Å². The highest BCUT2D eigenvalue weighted by Gasteiger charge is 2.29. The highest BCUT2D eigenvalue weighted by Crippen LogP contribution is 2.35. The Bertz CT molecular complexity index is 1660. The molecule has 4 aromatic rings. The first kappa shape index (κ1) is 26.6. The van der Waals surface area contributed by atoms with Crippen LogP contribution in [0, 0.1) is 12.7 Å². The number of pyridine rings is 1. The molecule has 0 aliphatic heterocycles. The second-order valence-corrected chi connectivity index (χ2v) is 8.99. The lowest BCUT2D eigenvalue weighted by atomic mass is 9.98. The number of carbonyl (C=O) groups is 3. The molecule has 2 amide bonds. The molecular formula is C26H21F3N6O5. The van der Waals surface area contributed by atoms with Gasteiger partial charge in [0.1, 0.15) is 11.4 Å². The summed E-state index contributed by atoms with van der Waals surface area (Å²) in [6.45, 7) is -1.46. The second-order valence-electron chi connectivity index (χ2n) is 8.99. The highest BCUT2D eigenvalue weighted by molar-refractivity contribution is 5.98. The van der Waals surface area contributed by atoms with Crippen LogP contribution in [0.15, 0.2) is 42.7 Å². The minimum atomic E-state index is -3.06. The van der Waals surface area contributed by atoms with Gasteiger partial charge in [-0.3, -0.25) is 9.59 Å². The van der Waals surface area contributed by atoms with E-state index >= 15 is 0 Å². The first-order valence-corrected chi connectivity index (χ1v) is 12.0. The van der Waals surface area contributed by atoms with E-state index in [4.69, 9.17) is 0 Å². The van der Waals surface area contributed by atoms with Crippen LogP contribution in [0.2, 0.25) is 0 Å². The molecule has 3 N–H and O–H groups in total. The Morgan fingerprint density at radius 1 is 1.20 bits per heavy atom. The minimum Gasteiger partial charge on any atom is -0.478 e. The van der Waals surface area contributed by atoms with E-state index in [2.05, 4.69) is 30.4 Å². The molecule has 0 spiro atoms. The third-order valence-corrected chi connectivity index (χ3v) is 6.59. The molecule has 0 saturated carbocycles. The van der Waals surface area contributed by atoms with Gasteiger partial charge in [-0.05, 0) is 54.2 Å². The molecule has 1 aliphatic carbocycles. The number of aromatic nitrogens is 4. The fraction of sp³-hybridized carbons (Fsp3) is 0.231. The van der Waals surface area contributed by atoms with Gasteiger partial charge in [0.15, 0.2) is 11.5 Å². The maximum Gasteiger partial charge on any atom is 0.388 e. The first-order chi connectivity index (χ1) is 19.1. The topological polar surface area (TPSA) is 148 Å². The van der Waals surface area contributed by atoms with Gasteiger partial charge >= 0.3 is 12.6 Å². The van der Waals surface area contributed by atoms with Gasteiger partial charge < -0.3 is 20.5 Å². The van der Waals surface area contributed by atoms with Crippen molar-refractivity contribution in [2.75, 3.05) is 0 Å². The van der Waals surface area contributed by atoms with Gasteiger partial charge in [0, 0.05) is 24.9 Å². The summed E-state index contributed by atoms with van der Waals surface area (Å²) in [4.78, 5) is 45.4. The van der Waals surface area contributed by atoms with E-state index in [9.17, 15) is 32.7 Å². The molecule has 5 rings (SSSR count). The molecule has 14 heteroatoms. The number of carbonyl (C=O) groups excluding carboxylic acids is 2. The average Bonchev–Trinajstić information content (AvgIpc) is 3.50. The summed E-state index contributed by atoms with van der Waals surface area (Å²) in [7, 11) is 0. The number of halogens is 3. The van der Waals surface area contributed by atoms with E-state index in [0.29, 0.717) is 24.0 Å². The maximum absolute atomic E-state index is 14.4. The van der Waals surface area contributed by atoms with Crippen LogP contribution in [-0.2, 0) is 13.0 Å². The highest BCUT2D eigenvalue weighted by atomic mass is 19.3. The zero-order valence-corrected chi connectivity index (χ0v) is 20.8. The van der Waals surface area contributed by atoms with Gasteiger partial charge in [0.05, 0.1) is 17.8 Å². The molecule has 1 aliphatic rings. The van der Waals surface area contributed by atoms with Gasteiger partial charge in [-0.15, -0.1) is 0 Å². The molecule has 40 heavy (non-hydrogen) atoms. The number of fused-ring (bicyclic) bond motifs is 2. The van der Waals surface area contributed by atoms with Crippen LogP contribution in [0.4, 0.5) is 13.2 Å². The van der Waals surface area contributed by atoms with Crippen LogP contribution in [0.25, 0.3) is 5.65 Å². The molecule has 0 radical (unpaired) electrons. The standard InChI is InChI=1S/C26H21F3N6O5/c1-12-14-4-5-18(16(14)3-2-15(12)25(38)39)34-24(37)20-9-19(33-22-17(27)11-32-35(20)22)23(36)31-10-13-6-7-30-21(8-13)40-26(28)29/h2-3,6-9,11,18,26H,4-5,10H2,1H3,(H,31,36)(H,34,37)(H,38,39)/t18-/m0/s1. The summed E-state index contributed by atoms with van der Waals surface area (Å²) < 4.78 is 44.6. The molecule has 3 aromatic heterocycles. The third kappa shape index (κ3) is 5.15. The number of ether oxygens (including phenoxy) is 1. The van der Waals surface area contributed by atoms with Crippen molar-refractivity contribution in [1.82, 2.24) is 30.2 Å². The summed E-state index contributed by atoms with van der Waals surface area (Å²) in [5, 5.41) is 18.7. The van der Waals surface area contributed by atoms with E-state index in [-0.39, 0.29) is 35.0 Å². The number of amides is 2. The van der Waals surface area contributed by atoms with E-state index in [1.165, 1.54) is 24.4 Å². The Balaban J connectivity index is 1.38. The summed E-state index contributed by atoms with van der Waals surface area (Å²) >= 11 is 0. The van der Waals surface area contributed by atoms with Crippen LogP contribution in [0.3, 0.4) is 0 Å². The molecule has 206 valence electrons. The van der Waals surface area contributed by atoms with Crippen molar-refractivity contribution in [2.24, 2.45) is 0 Å². The average molecular weight is 554 g/mol. The zero-order chi connectivity index (χ0) is 28.6. The summed E-state index contributed by atoms with van der Waals surface area (Å²) in [5.41, 5.74) is 2.06. The summed E-state index contributed by atoms with van der Waals surface area (Å²) in [6.07, 6.45) is 3.17. The van der Waals surface area contributed by atoms with Crippen LogP contribution < -0.4 is 15.4 Å². The van der Waals surface area contributed by atoms with Crippen LogP contribution in [-0.4, -0.2) is 49.1 Å². The maximum atomic E-state index is 14.4. The van der Waals surface area contributed by atoms with E-state index in [1.54, 1.807) is 13.0 Å². The van der Waals surface area contributed by atoms with Crippen molar-refractivity contribution in [3.8, 4) is 5.88 Å². The monoisotopic (exact) mass is 554 g/mol. The number of hydrogen-bond acceptors (Lipinski definition) is 7. The lowest BCUT2D eigenvalue weighted by molar-refractivity contribution is -0.0529. The molecular weight excluding hydrogens is 533 g/mol. The Hall–Kier alpha value is -5.01. The number of carboxylic acids is 1. The van der Waals surface area contributed by atoms with Gasteiger partial charge in [-0.1, -0.05) is 6.07 Å². The predicted octanol–water partition coefficient (Wildman–Crippen LogP) is 3.22. The van der Waals surface area contributed by atoms with Gasteiger partial charge in [0.25, 0.3) is 11.8 Å². The van der Waals surface area contributed by atoms with Gasteiger partial charge in [-0.2, -0.15) is 13.9 Å². The molecule has 0 fully saturated rings. The van der Waals surface area contributed by atoms with Crippen molar-refractivity contribution in [2.45, 2.75) is 39.0 Å². The Morgan fingerprint density at radius 2 is 2.00 bits per heavy atom. The minimum absolute atomic E-state index is 0.117. The Kier molecular flexibility index (Phi) is 7.07. The van der Waals surface area contributed by atoms with Gasteiger partial charge in [0.2, 0.25) is 5.88 Å². The number of nitrogens with zero attached hydrogens (tertiary/aromatic N) is 4. The second kappa shape index (κ2) is 10.6. The zero-order valence-electron chi connectivity index (χ0n) is 20.8. The van der Waals surface area contributed by atoms with Crippen molar-refractivity contribution < 1.29 is 37.4 Å². The smallest absolute Gasteiger partial charge is 0.388 e. The normalized spacial score (nSPS) is 14.3. The molecule has 11 nitrogen and oxygen atoms in total. The van der Waals surface area contributed by atoms with E-state index < -0.39 is 36.3 Å². The van der Waals surface area contributed by atoms with Crippen LogP contribution in [0.1, 0.15) is 66.1 Å². The number of alkyl halides is 2. The summed E-state index contributed by atoms with van der Waals surface area (Å²) in [5.74, 6) is -3.62. The van der Waals surface area contributed by atoms with Gasteiger partial charge in [-0.25, -0.2) is 23.7 Å². The molecule has 3 heterocycles. The quantitative estimate of drug-likeness (QED) is 0.301. The SMILES string of the molecule is Cc1c(C(=O)O)ccc2c1CC[C@@H]2NC(=O)c1cc(C(=O)NCc2ccnc(OC(F)F)c2)nc2c(F)cnn12. The number of benzene rings is 1. The number of carboxylic acid groups (broad SMARTS) is 1. The molecule has 0 unspecified atom stereocenters.